The third-order valence-corrected chi connectivity index (χ3v) is 4.45. The van der Waals surface area contributed by atoms with Crippen molar-refractivity contribution in [2.75, 3.05) is 31.0 Å². The minimum Gasteiger partial charge on any atom is -0.356 e. The topological polar surface area (TPSA) is 128 Å². The zero-order chi connectivity index (χ0) is 15.9. The van der Waals surface area contributed by atoms with Crippen molar-refractivity contribution in [3.63, 3.8) is 0 Å². The van der Waals surface area contributed by atoms with Gasteiger partial charge in [-0.05, 0) is 19.3 Å². The van der Waals surface area contributed by atoms with Gasteiger partial charge in [0.1, 0.15) is 0 Å². The Morgan fingerprint density at radius 1 is 1.39 bits per heavy atom. The molecule has 0 bridgehead atoms. The van der Waals surface area contributed by atoms with E-state index in [4.69, 9.17) is 11.1 Å². The molecule has 1 heterocycles. The summed E-state index contributed by atoms with van der Waals surface area (Å²) in [6.45, 7) is 1.23. The summed E-state index contributed by atoms with van der Waals surface area (Å²) in [5.41, 5.74) is 5.87. The number of amides is 1. The van der Waals surface area contributed by atoms with Crippen molar-refractivity contribution >= 4 is 58.5 Å². The van der Waals surface area contributed by atoms with Crippen LogP contribution in [0.2, 0.25) is 0 Å². The number of sulfonamides is 1. The molecular formula is C11H25Cl2N5O3S2. The molecule has 1 atom stereocenters. The lowest BCUT2D eigenvalue weighted by Crippen LogP contribution is -2.42. The first kappa shape index (κ1) is 24.8. The number of hydrogen-bond donors (Lipinski definition) is 4. The second kappa shape index (κ2) is 12.0. The van der Waals surface area contributed by atoms with Crippen molar-refractivity contribution in [3.05, 3.63) is 0 Å². The van der Waals surface area contributed by atoms with Crippen LogP contribution in [0.15, 0.2) is 0 Å². The van der Waals surface area contributed by atoms with Gasteiger partial charge in [0.2, 0.25) is 21.9 Å². The van der Waals surface area contributed by atoms with E-state index in [1.54, 1.807) is 16.7 Å². The van der Waals surface area contributed by atoms with E-state index in [0.717, 1.165) is 30.9 Å². The first-order valence-corrected chi connectivity index (χ1v) is 9.76. The highest BCUT2D eigenvalue weighted by Gasteiger charge is 2.23. The molecule has 0 aromatic heterocycles. The highest BCUT2D eigenvalue weighted by molar-refractivity contribution is 7.99. The van der Waals surface area contributed by atoms with Gasteiger partial charge in [0.05, 0.1) is 18.2 Å². The molecule has 0 radical (unpaired) electrons. The molecule has 12 heteroatoms. The molecule has 0 aromatic rings. The van der Waals surface area contributed by atoms with Gasteiger partial charge in [-0.1, -0.05) is 0 Å². The zero-order valence-corrected chi connectivity index (χ0v) is 16.2. The summed E-state index contributed by atoms with van der Waals surface area (Å²) in [5, 5.41) is 10.0. The molecule has 1 rings (SSSR count). The van der Waals surface area contributed by atoms with Crippen LogP contribution in [0.25, 0.3) is 0 Å². The Morgan fingerprint density at radius 3 is 2.57 bits per heavy atom. The number of guanidine groups is 1. The van der Waals surface area contributed by atoms with Gasteiger partial charge in [0.25, 0.3) is 0 Å². The van der Waals surface area contributed by atoms with Crippen molar-refractivity contribution in [2.24, 2.45) is 5.73 Å². The third kappa shape index (κ3) is 10.9. The number of hydrogen-bond acceptors (Lipinski definition) is 6. The lowest BCUT2D eigenvalue weighted by molar-refractivity contribution is -0.131. The first-order valence-electron chi connectivity index (χ1n) is 6.72. The molecule has 0 aromatic carbocycles. The number of nitrogens with zero attached hydrogens (tertiary/aromatic N) is 1. The van der Waals surface area contributed by atoms with Crippen LogP contribution in [0.1, 0.15) is 19.3 Å². The minimum absolute atomic E-state index is 0. The quantitative estimate of drug-likeness (QED) is 0.264. The molecule has 8 nitrogen and oxygen atoms in total. The number of nitrogens with two attached hydrogens (primary N) is 1. The van der Waals surface area contributed by atoms with Gasteiger partial charge in [0, 0.05) is 18.8 Å². The highest BCUT2D eigenvalue weighted by atomic mass is 35.5. The Kier molecular flexibility index (Phi) is 13.0. The molecular weight excluding hydrogens is 385 g/mol. The highest BCUT2D eigenvalue weighted by Crippen LogP contribution is 2.15. The number of nitrogens with one attached hydrogen (secondary N) is 3. The van der Waals surface area contributed by atoms with Crippen LogP contribution in [-0.4, -0.2) is 62.2 Å². The molecule has 1 amide bonds. The van der Waals surface area contributed by atoms with Gasteiger partial charge in [-0.25, -0.2) is 8.42 Å². The molecule has 1 saturated heterocycles. The number of carbonyl (C=O) groups excluding carboxylic acids is 1. The minimum atomic E-state index is -3.41. The zero-order valence-electron chi connectivity index (χ0n) is 12.9. The Hall–Kier alpha value is -0.420. The largest absolute Gasteiger partial charge is 0.356 e. The van der Waals surface area contributed by atoms with E-state index in [2.05, 4.69) is 5.32 Å². The standard InChI is InChI=1S/C11H23N5O3S2.2ClH/c1-21(18,19)15-11(13)14-5-3-2-4-9(12)10(17)16-6-7-20-8-16;;/h9H,2-8,12H2,1H3,(H3,13,14,15);2*1H/t9-;;/m0../s1. The Labute approximate surface area is 154 Å². The molecule has 1 aliphatic heterocycles. The summed E-state index contributed by atoms with van der Waals surface area (Å²) in [4.78, 5) is 13.7. The van der Waals surface area contributed by atoms with Crippen LogP contribution in [0.5, 0.6) is 0 Å². The molecule has 0 saturated carbocycles. The van der Waals surface area contributed by atoms with Gasteiger partial charge in [-0.2, -0.15) is 0 Å². The van der Waals surface area contributed by atoms with E-state index in [0.29, 0.717) is 19.4 Å². The predicted molar refractivity (Wildman–Crippen MR) is 99.1 cm³/mol. The van der Waals surface area contributed by atoms with Crippen LogP contribution in [0.3, 0.4) is 0 Å². The van der Waals surface area contributed by atoms with E-state index >= 15 is 0 Å². The number of thioether (sulfide) groups is 1. The van der Waals surface area contributed by atoms with Crippen LogP contribution >= 0.6 is 36.6 Å². The second-order valence-corrected chi connectivity index (χ2v) is 7.74. The van der Waals surface area contributed by atoms with Crippen LogP contribution < -0.4 is 15.8 Å². The van der Waals surface area contributed by atoms with E-state index in [1.165, 1.54) is 0 Å². The van der Waals surface area contributed by atoms with Crippen LogP contribution in [0, 0.1) is 5.41 Å². The average Bonchev–Trinajstić information content (AvgIpc) is 2.88. The van der Waals surface area contributed by atoms with Crippen molar-refractivity contribution in [1.29, 1.82) is 5.41 Å². The SMILES string of the molecule is CS(=O)(=O)NC(=N)NCCCC[C@H](N)C(=O)N1CCSC1.Cl.Cl. The molecule has 138 valence electrons. The molecule has 0 spiro atoms. The Bertz CT molecular complexity index is 472. The monoisotopic (exact) mass is 409 g/mol. The average molecular weight is 410 g/mol. The predicted octanol–water partition coefficient (Wildman–Crippen LogP) is -0.0659. The van der Waals surface area contributed by atoms with Crippen molar-refractivity contribution < 1.29 is 13.2 Å². The fourth-order valence-electron chi connectivity index (χ4n) is 1.87. The lowest BCUT2D eigenvalue weighted by Gasteiger charge is -2.19. The van der Waals surface area contributed by atoms with Gasteiger partial charge in [-0.3, -0.25) is 14.9 Å². The summed E-state index contributed by atoms with van der Waals surface area (Å²) in [7, 11) is -3.41. The summed E-state index contributed by atoms with van der Waals surface area (Å²) >= 11 is 1.73. The fourth-order valence-corrected chi connectivity index (χ4v) is 3.27. The van der Waals surface area contributed by atoms with E-state index in [-0.39, 0.29) is 36.7 Å². The molecule has 1 aliphatic rings. The maximum absolute atomic E-state index is 11.9. The van der Waals surface area contributed by atoms with Gasteiger partial charge >= 0.3 is 0 Å². The lowest BCUT2D eigenvalue weighted by atomic mass is 10.1. The fraction of sp³-hybridized carbons (Fsp3) is 0.818. The van der Waals surface area contributed by atoms with E-state index in [9.17, 15) is 13.2 Å². The number of halogens is 2. The Morgan fingerprint density at radius 2 is 2.04 bits per heavy atom. The number of unbranched alkanes of at least 4 members (excludes halogenated alkanes) is 1. The van der Waals surface area contributed by atoms with Crippen molar-refractivity contribution in [1.82, 2.24) is 14.9 Å². The van der Waals surface area contributed by atoms with Gasteiger partial charge in [0.15, 0.2) is 0 Å². The third-order valence-electron chi connectivity index (χ3n) is 2.91. The summed E-state index contributed by atoms with van der Waals surface area (Å²) in [5.74, 6) is 1.45. The Balaban J connectivity index is 0. The summed E-state index contributed by atoms with van der Waals surface area (Å²) in [6, 6.07) is -0.475. The molecule has 5 N–H and O–H groups in total. The van der Waals surface area contributed by atoms with E-state index < -0.39 is 16.1 Å². The van der Waals surface area contributed by atoms with Gasteiger partial charge < -0.3 is 16.0 Å². The van der Waals surface area contributed by atoms with Crippen molar-refractivity contribution in [2.45, 2.75) is 25.3 Å². The summed E-state index contributed by atoms with van der Waals surface area (Å²) in [6.07, 6.45) is 3.04. The first-order chi connectivity index (χ1) is 9.79. The number of rotatable bonds is 7. The molecule has 23 heavy (non-hydrogen) atoms. The van der Waals surface area contributed by atoms with E-state index in [1.807, 2.05) is 4.72 Å². The molecule has 0 unspecified atom stereocenters. The van der Waals surface area contributed by atoms with Crippen LogP contribution in [0.4, 0.5) is 0 Å². The smallest absolute Gasteiger partial charge is 0.240 e. The second-order valence-electron chi connectivity index (χ2n) is 4.92. The van der Waals surface area contributed by atoms with Gasteiger partial charge in [-0.15, -0.1) is 36.6 Å². The molecule has 1 fully saturated rings. The summed E-state index contributed by atoms with van der Waals surface area (Å²) < 4.78 is 23.8. The number of carbonyl (C=O) groups is 1. The molecule has 0 aliphatic carbocycles. The van der Waals surface area contributed by atoms with Crippen LogP contribution in [-0.2, 0) is 14.8 Å². The maximum atomic E-state index is 11.9. The maximum Gasteiger partial charge on any atom is 0.240 e. The normalized spacial score (nSPS) is 15.1. The van der Waals surface area contributed by atoms with Crippen molar-refractivity contribution in [3.8, 4) is 0 Å².